The number of halogens is 2. The fourth-order valence-corrected chi connectivity index (χ4v) is 3.25. The number of hydrogen-bond donors (Lipinski definition) is 7. The highest BCUT2D eigenvalue weighted by atomic mass is 79.9. The normalized spacial score (nSPS) is 10.2. The van der Waals surface area contributed by atoms with E-state index in [1.54, 1.807) is 6.07 Å². The third-order valence-electron chi connectivity index (χ3n) is 3.87. The molecule has 3 rings (SSSR count). The molecule has 0 aliphatic carbocycles. The van der Waals surface area contributed by atoms with Crippen LogP contribution in [0.2, 0.25) is 5.02 Å². The molecule has 0 bridgehead atoms. The second kappa shape index (κ2) is 12.7. The van der Waals surface area contributed by atoms with E-state index >= 15 is 0 Å². The van der Waals surface area contributed by atoms with Crippen LogP contribution in [-0.4, -0.2) is 61.5 Å². The topological polar surface area (TPSA) is 227 Å². The fourth-order valence-electron chi connectivity index (χ4n) is 2.21. The van der Waals surface area contributed by atoms with Gasteiger partial charge in [0, 0.05) is 9.50 Å². The summed E-state index contributed by atoms with van der Waals surface area (Å²) in [7, 11) is -4.45. The number of hydrogen-bond acceptors (Lipinski definition) is 8. The molecule has 0 saturated heterocycles. The van der Waals surface area contributed by atoms with Crippen molar-refractivity contribution >= 4 is 55.6 Å². The standard InChI is InChI=1S/C7H5BrO3.C7H5ClO3.C7H6O6S/c2*8-4-1-2-6(9)5(3-4)7(10)11;8-6-2-1-4(14(11,12)13)3-5(6)7(9)10/h2*1-3,9H,(H,10,11);1-3,8H,(H,9,10)(H,11,12,13). The molecule has 0 fully saturated rings. The third-order valence-corrected chi connectivity index (χ3v) is 5.45. The highest BCUT2D eigenvalue weighted by Gasteiger charge is 2.16. The quantitative estimate of drug-likeness (QED) is 0.209. The predicted molar refractivity (Wildman–Crippen MR) is 128 cm³/mol. The van der Waals surface area contributed by atoms with E-state index in [-0.39, 0.29) is 22.6 Å². The molecule has 36 heavy (non-hydrogen) atoms. The smallest absolute Gasteiger partial charge is 0.339 e. The zero-order valence-electron chi connectivity index (χ0n) is 17.5. The van der Waals surface area contributed by atoms with Gasteiger partial charge >= 0.3 is 17.9 Å². The number of benzene rings is 3. The second-order valence-electron chi connectivity index (χ2n) is 6.39. The molecule has 0 radical (unpaired) electrons. The van der Waals surface area contributed by atoms with E-state index in [2.05, 4.69) is 15.9 Å². The highest BCUT2D eigenvalue weighted by Crippen LogP contribution is 2.22. The van der Waals surface area contributed by atoms with Crippen molar-refractivity contribution in [3.8, 4) is 17.2 Å². The van der Waals surface area contributed by atoms with Gasteiger partial charge in [-0.15, -0.1) is 0 Å². The largest absolute Gasteiger partial charge is 0.507 e. The second-order valence-corrected chi connectivity index (χ2v) is 9.17. The highest BCUT2D eigenvalue weighted by molar-refractivity contribution is 9.10. The molecule has 0 unspecified atom stereocenters. The van der Waals surface area contributed by atoms with Crippen molar-refractivity contribution in [1.29, 1.82) is 0 Å². The van der Waals surface area contributed by atoms with Gasteiger partial charge in [0.2, 0.25) is 0 Å². The number of carboxylic acid groups (broad SMARTS) is 3. The van der Waals surface area contributed by atoms with Gasteiger partial charge in [-0.1, -0.05) is 27.5 Å². The average Bonchev–Trinajstić information content (AvgIpc) is 2.77. The van der Waals surface area contributed by atoms with E-state index < -0.39 is 44.2 Å². The van der Waals surface area contributed by atoms with Gasteiger partial charge in [-0.2, -0.15) is 8.42 Å². The first-order valence-corrected chi connectivity index (χ1v) is 11.6. The van der Waals surface area contributed by atoms with Crippen LogP contribution in [0.4, 0.5) is 0 Å². The molecule has 0 aromatic heterocycles. The number of aromatic hydroxyl groups is 3. The average molecular weight is 608 g/mol. The summed E-state index contributed by atoms with van der Waals surface area (Å²) in [5.41, 5.74) is -0.864. The van der Waals surface area contributed by atoms with Crippen LogP contribution < -0.4 is 0 Å². The molecule has 0 aliphatic rings. The Morgan fingerprint density at radius 3 is 1.44 bits per heavy atom. The van der Waals surface area contributed by atoms with Crippen molar-refractivity contribution in [2.75, 3.05) is 0 Å². The van der Waals surface area contributed by atoms with Gasteiger partial charge in [0.1, 0.15) is 33.9 Å². The number of phenols is 3. The van der Waals surface area contributed by atoms with Gasteiger partial charge in [0.15, 0.2) is 0 Å². The summed E-state index contributed by atoms with van der Waals surface area (Å²) in [4.78, 5) is 30.6. The van der Waals surface area contributed by atoms with Gasteiger partial charge < -0.3 is 30.6 Å². The fraction of sp³-hybridized carbons (Fsp3) is 0. The van der Waals surface area contributed by atoms with Crippen LogP contribution in [0.3, 0.4) is 0 Å². The molecule has 7 N–H and O–H groups in total. The molecule has 0 amide bonds. The lowest BCUT2D eigenvalue weighted by atomic mass is 10.2. The van der Waals surface area contributed by atoms with Crippen LogP contribution in [0.15, 0.2) is 64.0 Å². The van der Waals surface area contributed by atoms with Gasteiger partial charge in [-0.05, 0) is 54.6 Å². The van der Waals surface area contributed by atoms with Gasteiger partial charge in [0.05, 0.1) is 4.90 Å². The molecule has 3 aromatic carbocycles. The first-order valence-electron chi connectivity index (χ1n) is 9.02. The molecular weight excluding hydrogens is 592 g/mol. The summed E-state index contributed by atoms with van der Waals surface area (Å²) in [6.45, 7) is 0. The van der Waals surface area contributed by atoms with Crippen LogP contribution in [0.25, 0.3) is 0 Å². The van der Waals surface area contributed by atoms with Crippen molar-refractivity contribution in [3.05, 3.63) is 80.8 Å². The predicted octanol–water partition coefficient (Wildman–Crippen LogP) is 3.93. The van der Waals surface area contributed by atoms with Crippen LogP contribution in [-0.2, 0) is 10.1 Å². The SMILES string of the molecule is O=C(O)c1cc(Br)ccc1O.O=C(O)c1cc(Cl)ccc1O.O=C(O)c1cc(S(=O)(=O)O)ccc1O. The third kappa shape index (κ3) is 9.07. The monoisotopic (exact) mass is 606 g/mol. The summed E-state index contributed by atoms with van der Waals surface area (Å²) in [5, 5.41) is 52.8. The maximum Gasteiger partial charge on any atom is 0.339 e. The van der Waals surface area contributed by atoms with E-state index in [0.29, 0.717) is 15.6 Å². The molecule has 0 atom stereocenters. The zero-order valence-corrected chi connectivity index (χ0v) is 20.7. The molecule has 0 aliphatic heterocycles. The Hall–Kier alpha value is -3.85. The zero-order chi connectivity index (χ0) is 27.8. The number of carboxylic acids is 3. The first-order chi connectivity index (χ1) is 16.5. The van der Waals surface area contributed by atoms with Gasteiger partial charge in [0.25, 0.3) is 10.1 Å². The Morgan fingerprint density at radius 1 is 0.667 bits per heavy atom. The molecule has 15 heteroatoms. The Labute approximate surface area is 216 Å². The lowest BCUT2D eigenvalue weighted by Gasteiger charge is -2.01. The van der Waals surface area contributed by atoms with Crippen LogP contribution >= 0.6 is 27.5 Å². The van der Waals surface area contributed by atoms with E-state index in [9.17, 15) is 22.8 Å². The number of rotatable bonds is 4. The summed E-state index contributed by atoms with van der Waals surface area (Å²) < 4.78 is 30.4. The number of carbonyl (C=O) groups is 3. The minimum Gasteiger partial charge on any atom is -0.507 e. The minimum atomic E-state index is -4.45. The maximum absolute atomic E-state index is 10.6. The van der Waals surface area contributed by atoms with Crippen LogP contribution in [0.5, 0.6) is 17.2 Å². The van der Waals surface area contributed by atoms with E-state index in [4.69, 9.17) is 46.8 Å². The Bertz CT molecular complexity index is 1340. The molecule has 0 spiro atoms. The maximum atomic E-state index is 10.6. The van der Waals surface area contributed by atoms with E-state index in [0.717, 1.165) is 12.1 Å². The van der Waals surface area contributed by atoms with E-state index in [1.165, 1.54) is 30.3 Å². The molecule has 192 valence electrons. The van der Waals surface area contributed by atoms with Crippen LogP contribution in [0.1, 0.15) is 31.1 Å². The Morgan fingerprint density at radius 2 is 1.06 bits per heavy atom. The number of aromatic carboxylic acids is 3. The molecular formula is C21H16BrClO12S. The van der Waals surface area contributed by atoms with Gasteiger partial charge in [-0.3, -0.25) is 4.55 Å². The summed E-state index contributed by atoms with van der Waals surface area (Å²) >= 11 is 8.58. The van der Waals surface area contributed by atoms with Crippen LogP contribution in [0, 0.1) is 0 Å². The lowest BCUT2D eigenvalue weighted by molar-refractivity contribution is 0.0682. The first kappa shape index (κ1) is 30.2. The van der Waals surface area contributed by atoms with Gasteiger partial charge in [-0.25, -0.2) is 14.4 Å². The lowest BCUT2D eigenvalue weighted by Crippen LogP contribution is -2.02. The van der Waals surface area contributed by atoms with Crippen molar-refractivity contribution in [1.82, 2.24) is 0 Å². The molecule has 3 aromatic rings. The van der Waals surface area contributed by atoms with E-state index in [1.807, 2.05) is 0 Å². The van der Waals surface area contributed by atoms with Crippen molar-refractivity contribution in [2.45, 2.75) is 4.90 Å². The Kier molecular flexibility index (Phi) is 10.7. The van der Waals surface area contributed by atoms with Crippen molar-refractivity contribution in [3.63, 3.8) is 0 Å². The molecule has 12 nitrogen and oxygen atoms in total. The Balaban J connectivity index is 0.000000273. The summed E-state index contributed by atoms with van der Waals surface area (Å²) in [6.07, 6.45) is 0. The van der Waals surface area contributed by atoms with Crippen molar-refractivity contribution < 1.29 is 58.0 Å². The summed E-state index contributed by atoms with van der Waals surface area (Å²) in [6, 6.07) is 10.6. The minimum absolute atomic E-state index is 0.0978. The van der Waals surface area contributed by atoms with Crippen molar-refractivity contribution in [2.24, 2.45) is 0 Å². The molecule has 0 saturated carbocycles. The molecule has 0 heterocycles. The summed E-state index contributed by atoms with van der Waals surface area (Å²) in [5.74, 6) is -4.87.